The topological polar surface area (TPSA) is 51.0 Å². The van der Waals surface area contributed by atoms with Crippen LogP contribution < -0.4 is 5.32 Å². The minimum Gasteiger partial charge on any atom is -0.444 e. The predicted molar refractivity (Wildman–Crippen MR) is 103 cm³/mol. The number of hydrogen-bond acceptors (Lipinski definition) is 4. The molecular formula is C22H25N3O. The SMILES string of the molecule is Cc1cc(C)c2c(n1)CCCC2NCCc1coc(-c2ccccc2)n1. The fourth-order valence-corrected chi connectivity index (χ4v) is 3.92. The second kappa shape index (κ2) is 7.42. The highest BCUT2D eigenvalue weighted by atomic mass is 16.3. The molecule has 0 fully saturated rings. The predicted octanol–water partition coefficient (Wildman–Crippen LogP) is 4.56. The maximum Gasteiger partial charge on any atom is 0.226 e. The molecule has 1 unspecified atom stereocenters. The molecule has 1 aliphatic rings. The van der Waals surface area contributed by atoms with E-state index in [-0.39, 0.29) is 0 Å². The number of aryl methyl sites for hydroxylation is 3. The van der Waals surface area contributed by atoms with E-state index >= 15 is 0 Å². The van der Waals surface area contributed by atoms with Gasteiger partial charge in [0.05, 0.1) is 5.69 Å². The molecule has 0 spiro atoms. The summed E-state index contributed by atoms with van der Waals surface area (Å²) in [5.41, 5.74) is 7.18. The summed E-state index contributed by atoms with van der Waals surface area (Å²) in [6.45, 7) is 5.18. The zero-order chi connectivity index (χ0) is 17.9. The quantitative estimate of drug-likeness (QED) is 0.735. The molecule has 2 heterocycles. The first-order chi connectivity index (χ1) is 12.7. The number of pyridine rings is 1. The molecule has 1 N–H and O–H groups in total. The molecule has 1 aromatic carbocycles. The van der Waals surface area contributed by atoms with E-state index in [0.29, 0.717) is 11.9 Å². The molecule has 0 saturated heterocycles. The highest BCUT2D eigenvalue weighted by Gasteiger charge is 2.23. The lowest BCUT2D eigenvalue weighted by molar-refractivity contribution is 0.454. The second-order valence-electron chi connectivity index (χ2n) is 7.10. The summed E-state index contributed by atoms with van der Waals surface area (Å²) in [7, 11) is 0. The van der Waals surface area contributed by atoms with Crippen molar-refractivity contribution in [3.8, 4) is 11.5 Å². The van der Waals surface area contributed by atoms with Gasteiger partial charge < -0.3 is 9.73 Å². The molecule has 1 atom stereocenters. The van der Waals surface area contributed by atoms with Crippen molar-refractivity contribution < 1.29 is 4.42 Å². The van der Waals surface area contributed by atoms with Crippen LogP contribution in [0.5, 0.6) is 0 Å². The van der Waals surface area contributed by atoms with Crippen molar-refractivity contribution in [3.05, 3.63) is 70.9 Å². The van der Waals surface area contributed by atoms with E-state index in [1.54, 1.807) is 6.26 Å². The lowest BCUT2D eigenvalue weighted by Crippen LogP contribution is -2.28. The van der Waals surface area contributed by atoms with Gasteiger partial charge >= 0.3 is 0 Å². The minimum absolute atomic E-state index is 0.396. The molecule has 0 bridgehead atoms. The van der Waals surface area contributed by atoms with Crippen LogP contribution in [-0.4, -0.2) is 16.5 Å². The van der Waals surface area contributed by atoms with Crippen LogP contribution in [0.4, 0.5) is 0 Å². The molecule has 26 heavy (non-hydrogen) atoms. The molecule has 1 aliphatic carbocycles. The van der Waals surface area contributed by atoms with Gasteiger partial charge in [-0.2, -0.15) is 0 Å². The first-order valence-corrected chi connectivity index (χ1v) is 9.41. The fourth-order valence-electron chi connectivity index (χ4n) is 3.92. The lowest BCUT2D eigenvalue weighted by atomic mass is 9.88. The molecule has 4 nitrogen and oxygen atoms in total. The molecule has 4 rings (SSSR count). The van der Waals surface area contributed by atoms with Gasteiger partial charge in [0.2, 0.25) is 5.89 Å². The summed E-state index contributed by atoms with van der Waals surface area (Å²) in [6, 6.07) is 12.6. The Morgan fingerprint density at radius 2 is 2.00 bits per heavy atom. The van der Waals surface area contributed by atoms with Crippen LogP contribution in [0, 0.1) is 13.8 Å². The Hall–Kier alpha value is -2.46. The maximum atomic E-state index is 5.63. The van der Waals surface area contributed by atoms with Crippen molar-refractivity contribution in [2.45, 2.75) is 45.6 Å². The van der Waals surface area contributed by atoms with E-state index in [2.05, 4.69) is 30.2 Å². The molecule has 0 saturated carbocycles. The number of hydrogen-bond donors (Lipinski definition) is 1. The third-order valence-electron chi connectivity index (χ3n) is 5.07. The minimum atomic E-state index is 0.396. The molecule has 0 radical (unpaired) electrons. The summed E-state index contributed by atoms with van der Waals surface area (Å²) in [6.07, 6.45) is 6.10. The largest absolute Gasteiger partial charge is 0.444 e. The summed E-state index contributed by atoms with van der Waals surface area (Å²) in [5, 5.41) is 3.71. The van der Waals surface area contributed by atoms with Gasteiger partial charge in [0.1, 0.15) is 6.26 Å². The van der Waals surface area contributed by atoms with Gasteiger partial charge in [-0.05, 0) is 62.4 Å². The average molecular weight is 347 g/mol. The molecule has 3 aromatic rings. The number of benzene rings is 1. The average Bonchev–Trinajstić information content (AvgIpc) is 3.11. The number of nitrogens with zero attached hydrogens (tertiary/aromatic N) is 2. The number of aromatic nitrogens is 2. The molecule has 4 heteroatoms. The van der Waals surface area contributed by atoms with Gasteiger partial charge in [-0.15, -0.1) is 0 Å². The van der Waals surface area contributed by atoms with Crippen molar-refractivity contribution in [3.63, 3.8) is 0 Å². The van der Waals surface area contributed by atoms with Crippen molar-refractivity contribution in [2.75, 3.05) is 6.54 Å². The third-order valence-corrected chi connectivity index (χ3v) is 5.07. The van der Waals surface area contributed by atoms with E-state index in [0.717, 1.165) is 36.3 Å². The van der Waals surface area contributed by atoms with Gasteiger partial charge in [0.25, 0.3) is 0 Å². The summed E-state index contributed by atoms with van der Waals surface area (Å²) in [4.78, 5) is 9.38. The van der Waals surface area contributed by atoms with Crippen LogP contribution in [0.2, 0.25) is 0 Å². The lowest BCUT2D eigenvalue weighted by Gasteiger charge is -2.28. The first kappa shape index (κ1) is 17.0. The normalized spacial score (nSPS) is 16.5. The van der Waals surface area contributed by atoms with E-state index in [1.807, 2.05) is 30.3 Å². The van der Waals surface area contributed by atoms with E-state index in [9.17, 15) is 0 Å². The Balaban J connectivity index is 1.40. The van der Waals surface area contributed by atoms with E-state index < -0.39 is 0 Å². The fraction of sp³-hybridized carbons (Fsp3) is 0.364. The Bertz CT molecular complexity index is 886. The number of oxazole rings is 1. The number of rotatable bonds is 5. The van der Waals surface area contributed by atoms with Crippen LogP contribution in [-0.2, 0) is 12.8 Å². The molecule has 0 amide bonds. The number of fused-ring (bicyclic) bond motifs is 1. The highest BCUT2D eigenvalue weighted by molar-refractivity contribution is 5.52. The number of nitrogens with one attached hydrogen (secondary N) is 1. The second-order valence-corrected chi connectivity index (χ2v) is 7.10. The molecule has 0 aliphatic heterocycles. The van der Waals surface area contributed by atoms with Crippen LogP contribution in [0.3, 0.4) is 0 Å². The molecule has 2 aromatic heterocycles. The zero-order valence-electron chi connectivity index (χ0n) is 15.5. The van der Waals surface area contributed by atoms with Crippen molar-refractivity contribution in [1.29, 1.82) is 0 Å². The first-order valence-electron chi connectivity index (χ1n) is 9.41. The van der Waals surface area contributed by atoms with Crippen LogP contribution in [0.1, 0.15) is 47.1 Å². The van der Waals surface area contributed by atoms with E-state index in [4.69, 9.17) is 9.40 Å². The van der Waals surface area contributed by atoms with Gasteiger partial charge in [0, 0.05) is 36.0 Å². The highest BCUT2D eigenvalue weighted by Crippen LogP contribution is 2.31. The Morgan fingerprint density at radius 1 is 1.15 bits per heavy atom. The Morgan fingerprint density at radius 3 is 2.85 bits per heavy atom. The van der Waals surface area contributed by atoms with Gasteiger partial charge in [0.15, 0.2) is 0 Å². The van der Waals surface area contributed by atoms with Gasteiger partial charge in [-0.3, -0.25) is 4.98 Å². The van der Waals surface area contributed by atoms with Crippen LogP contribution in [0.15, 0.2) is 47.1 Å². The van der Waals surface area contributed by atoms with Crippen LogP contribution in [0.25, 0.3) is 11.5 Å². The smallest absolute Gasteiger partial charge is 0.226 e. The summed E-state index contributed by atoms with van der Waals surface area (Å²) in [5.74, 6) is 0.694. The molecular weight excluding hydrogens is 322 g/mol. The van der Waals surface area contributed by atoms with Crippen molar-refractivity contribution in [2.24, 2.45) is 0 Å². The van der Waals surface area contributed by atoms with Gasteiger partial charge in [-0.25, -0.2) is 4.98 Å². The van der Waals surface area contributed by atoms with Crippen molar-refractivity contribution in [1.82, 2.24) is 15.3 Å². The monoisotopic (exact) mass is 347 g/mol. The standard InChI is InChI=1S/C22H25N3O/c1-15-13-16(2)24-20-10-6-9-19(21(15)20)23-12-11-18-14-26-22(25-18)17-7-4-3-5-8-17/h3-5,7-8,13-14,19,23H,6,9-12H2,1-2H3. The maximum absolute atomic E-state index is 5.63. The molecule has 134 valence electrons. The Kier molecular flexibility index (Phi) is 4.85. The third kappa shape index (κ3) is 3.56. The van der Waals surface area contributed by atoms with Crippen molar-refractivity contribution >= 4 is 0 Å². The zero-order valence-corrected chi connectivity index (χ0v) is 15.5. The van der Waals surface area contributed by atoms with Gasteiger partial charge in [-0.1, -0.05) is 18.2 Å². The summed E-state index contributed by atoms with van der Waals surface area (Å²) < 4.78 is 5.63. The summed E-state index contributed by atoms with van der Waals surface area (Å²) >= 11 is 0. The Labute approximate surface area is 154 Å². The van der Waals surface area contributed by atoms with Crippen LogP contribution >= 0.6 is 0 Å². The van der Waals surface area contributed by atoms with E-state index in [1.165, 1.54) is 29.7 Å².